The maximum Gasteiger partial charge on any atom is 0.226 e. The topological polar surface area (TPSA) is 52.5 Å². The van der Waals surface area contributed by atoms with Crippen LogP contribution in [0.25, 0.3) is 0 Å². The molecule has 0 radical (unpaired) electrons. The molecule has 3 aromatic rings. The van der Waals surface area contributed by atoms with Crippen LogP contribution in [0.3, 0.4) is 0 Å². The van der Waals surface area contributed by atoms with Gasteiger partial charge in [0.25, 0.3) is 0 Å². The third-order valence-electron chi connectivity index (χ3n) is 4.30. The molecule has 6 heteroatoms. The van der Waals surface area contributed by atoms with Crippen LogP contribution in [0.5, 0.6) is 11.5 Å². The molecule has 1 heterocycles. The average molecular weight is 385 g/mol. The molecule has 0 saturated heterocycles. The van der Waals surface area contributed by atoms with Gasteiger partial charge in [0.2, 0.25) is 5.91 Å². The number of rotatable bonds is 7. The highest BCUT2D eigenvalue weighted by atomic mass is 35.5. The highest BCUT2D eigenvalue weighted by molar-refractivity contribution is 6.32. The molecule has 140 valence electrons. The zero-order valence-electron chi connectivity index (χ0n) is 15.2. The Labute approximate surface area is 163 Å². The molecule has 5 nitrogen and oxygen atoms in total. The van der Waals surface area contributed by atoms with E-state index in [1.54, 1.807) is 32.4 Å². The minimum Gasteiger partial charge on any atom is -0.497 e. The second kappa shape index (κ2) is 8.64. The summed E-state index contributed by atoms with van der Waals surface area (Å²) in [5.74, 6) is 1.24. The molecule has 1 N–H and O–H groups in total. The van der Waals surface area contributed by atoms with Crippen LogP contribution in [-0.4, -0.2) is 24.7 Å². The van der Waals surface area contributed by atoms with Gasteiger partial charge in [0, 0.05) is 18.1 Å². The Morgan fingerprint density at radius 3 is 2.37 bits per heavy atom. The van der Waals surface area contributed by atoms with Crippen LogP contribution < -0.4 is 14.8 Å². The quantitative estimate of drug-likeness (QED) is 0.638. The normalized spacial score (nSPS) is 11.7. The molecule has 0 bridgehead atoms. The highest BCUT2D eigenvalue weighted by Gasteiger charge is 2.18. The van der Waals surface area contributed by atoms with Gasteiger partial charge >= 0.3 is 0 Å². The molecule has 3 rings (SSSR count). The summed E-state index contributed by atoms with van der Waals surface area (Å²) in [6.45, 7) is 0. The van der Waals surface area contributed by atoms with E-state index in [9.17, 15) is 4.79 Å². The first-order valence-corrected chi connectivity index (χ1v) is 8.88. The Kier molecular flexibility index (Phi) is 6.04. The van der Waals surface area contributed by atoms with Crippen molar-refractivity contribution in [3.8, 4) is 11.5 Å². The first-order chi connectivity index (χ1) is 13.1. The Morgan fingerprint density at radius 1 is 1.07 bits per heavy atom. The lowest BCUT2D eigenvalue weighted by Gasteiger charge is -2.20. The van der Waals surface area contributed by atoms with E-state index in [1.807, 2.05) is 53.4 Å². The molecular formula is C21H21ClN2O3. The van der Waals surface area contributed by atoms with Crippen molar-refractivity contribution >= 4 is 23.2 Å². The molecule has 0 saturated carbocycles. The van der Waals surface area contributed by atoms with Crippen molar-refractivity contribution < 1.29 is 14.3 Å². The van der Waals surface area contributed by atoms with Gasteiger partial charge in [0.15, 0.2) is 0 Å². The van der Waals surface area contributed by atoms with Crippen LogP contribution in [0.1, 0.15) is 18.0 Å². The van der Waals surface area contributed by atoms with Gasteiger partial charge in [-0.2, -0.15) is 0 Å². The molecule has 27 heavy (non-hydrogen) atoms. The zero-order chi connectivity index (χ0) is 19.2. The summed E-state index contributed by atoms with van der Waals surface area (Å²) >= 11 is 6.13. The van der Waals surface area contributed by atoms with Crippen LogP contribution in [-0.2, 0) is 4.79 Å². The first kappa shape index (κ1) is 18.9. The number of nitrogens with one attached hydrogen (secondary N) is 1. The van der Waals surface area contributed by atoms with Crippen LogP contribution in [0.4, 0.5) is 5.69 Å². The Balaban J connectivity index is 1.77. The van der Waals surface area contributed by atoms with Crippen molar-refractivity contribution in [1.82, 2.24) is 4.57 Å². The zero-order valence-corrected chi connectivity index (χ0v) is 15.9. The first-order valence-electron chi connectivity index (χ1n) is 8.50. The van der Waals surface area contributed by atoms with Crippen LogP contribution in [0, 0.1) is 0 Å². The lowest BCUT2D eigenvalue weighted by atomic mass is 10.0. The number of halogens is 1. The summed E-state index contributed by atoms with van der Waals surface area (Å²) in [4.78, 5) is 12.7. The fourth-order valence-electron chi connectivity index (χ4n) is 2.91. The summed E-state index contributed by atoms with van der Waals surface area (Å²) in [6.07, 6.45) is 4.18. The Hall–Kier alpha value is -2.92. The number of carbonyl (C=O) groups is 1. The monoisotopic (exact) mass is 384 g/mol. The minimum atomic E-state index is -0.125. The number of ether oxygens (including phenoxy) is 2. The molecule has 1 atom stereocenters. The number of nitrogens with zero attached hydrogens (tertiary/aromatic N) is 1. The van der Waals surface area contributed by atoms with E-state index in [4.69, 9.17) is 21.1 Å². The Bertz CT molecular complexity index is 892. The average Bonchev–Trinajstić information content (AvgIpc) is 3.21. The van der Waals surface area contributed by atoms with Gasteiger partial charge in [0.1, 0.15) is 11.5 Å². The summed E-state index contributed by atoms with van der Waals surface area (Å²) in [7, 11) is 3.18. The van der Waals surface area contributed by atoms with Gasteiger partial charge in [-0.15, -0.1) is 0 Å². The van der Waals surface area contributed by atoms with E-state index in [2.05, 4.69) is 5.32 Å². The lowest BCUT2D eigenvalue weighted by Crippen LogP contribution is -2.19. The van der Waals surface area contributed by atoms with E-state index >= 15 is 0 Å². The largest absolute Gasteiger partial charge is 0.497 e. The molecule has 0 aliphatic rings. The molecule has 0 aliphatic heterocycles. The van der Waals surface area contributed by atoms with Gasteiger partial charge in [-0.3, -0.25) is 4.79 Å². The standard InChI is InChI=1S/C21H21ClN2O3/c1-26-17-8-5-15(6-9-17)19(24-11-3-4-12-24)14-21(25)23-16-7-10-20(27-2)18(22)13-16/h3-13,19H,14H2,1-2H3,(H,23,25)/t19-/m0/s1. The van der Waals surface area contributed by atoms with Gasteiger partial charge in [0.05, 0.1) is 31.7 Å². The number of hydrogen-bond acceptors (Lipinski definition) is 3. The van der Waals surface area contributed by atoms with E-state index in [0.29, 0.717) is 16.5 Å². The third kappa shape index (κ3) is 4.63. The van der Waals surface area contributed by atoms with Crippen LogP contribution >= 0.6 is 11.6 Å². The highest BCUT2D eigenvalue weighted by Crippen LogP contribution is 2.28. The van der Waals surface area contributed by atoms with Crippen molar-refractivity contribution in [2.45, 2.75) is 12.5 Å². The van der Waals surface area contributed by atoms with Crippen molar-refractivity contribution in [3.63, 3.8) is 0 Å². The molecule has 1 aromatic heterocycles. The number of carbonyl (C=O) groups excluding carboxylic acids is 1. The third-order valence-corrected chi connectivity index (χ3v) is 4.60. The second-order valence-electron chi connectivity index (χ2n) is 6.02. The molecule has 0 spiro atoms. The molecular weight excluding hydrogens is 364 g/mol. The number of methoxy groups -OCH3 is 2. The van der Waals surface area contributed by atoms with E-state index in [1.165, 1.54) is 0 Å². The fourth-order valence-corrected chi connectivity index (χ4v) is 3.17. The van der Waals surface area contributed by atoms with E-state index in [-0.39, 0.29) is 18.4 Å². The number of benzene rings is 2. The van der Waals surface area contributed by atoms with Crippen molar-refractivity contribution in [2.24, 2.45) is 0 Å². The maximum atomic E-state index is 12.7. The van der Waals surface area contributed by atoms with Gasteiger partial charge in [-0.05, 0) is 48.0 Å². The predicted octanol–water partition coefficient (Wildman–Crippen LogP) is 4.78. The predicted molar refractivity (Wildman–Crippen MR) is 107 cm³/mol. The van der Waals surface area contributed by atoms with Crippen molar-refractivity contribution in [1.29, 1.82) is 0 Å². The van der Waals surface area contributed by atoms with Gasteiger partial charge in [-0.1, -0.05) is 23.7 Å². The van der Waals surface area contributed by atoms with E-state index in [0.717, 1.165) is 11.3 Å². The van der Waals surface area contributed by atoms with Crippen molar-refractivity contribution in [3.05, 3.63) is 77.6 Å². The maximum absolute atomic E-state index is 12.7. The van der Waals surface area contributed by atoms with Crippen LogP contribution in [0.15, 0.2) is 67.0 Å². The number of anilines is 1. The summed E-state index contributed by atoms with van der Waals surface area (Å²) in [5, 5.41) is 3.35. The van der Waals surface area contributed by atoms with Gasteiger partial charge < -0.3 is 19.4 Å². The fraction of sp³-hybridized carbons (Fsp3) is 0.190. The summed E-state index contributed by atoms with van der Waals surface area (Å²) in [5.41, 5.74) is 1.65. The Morgan fingerprint density at radius 2 is 1.78 bits per heavy atom. The summed E-state index contributed by atoms with van der Waals surface area (Å²) in [6, 6.07) is 16.7. The van der Waals surface area contributed by atoms with Crippen molar-refractivity contribution in [2.75, 3.05) is 19.5 Å². The minimum absolute atomic E-state index is 0.106. The molecule has 2 aromatic carbocycles. The summed E-state index contributed by atoms with van der Waals surface area (Å²) < 4.78 is 12.4. The number of aromatic nitrogens is 1. The number of amides is 1. The van der Waals surface area contributed by atoms with Gasteiger partial charge in [-0.25, -0.2) is 0 Å². The second-order valence-corrected chi connectivity index (χ2v) is 6.43. The lowest BCUT2D eigenvalue weighted by molar-refractivity contribution is -0.116. The molecule has 0 aliphatic carbocycles. The molecule has 1 amide bonds. The number of hydrogen-bond donors (Lipinski definition) is 1. The SMILES string of the molecule is COc1ccc([C@H](CC(=O)Nc2ccc(OC)c(Cl)c2)n2cccc2)cc1. The molecule has 0 unspecified atom stereocenters. The molecule has 0 fully saturated rings. The smallest absolute Gasteiger partial charge is 0.226 e. The van der Waals surface area contributed by atoms with Crippen LogP contribution in [0.2, 0.25) is 5.02 Å². The van der Waals surface area contributed by atoms with E-state index < -0.39 is 0 Å².